The van der Waals surface area contributed by atoms with Crippen LogP contribution < -0.4 is 0 Å². The van der Waals surface area contributed by atoms with Gasteiger partial charge in [-0.2, -0.15) is 4.98 Å². The van der Waals surface area contributed by atoms with Gasteiger partial charge in [0.2, 0.25) is 5.95 Å². The largest absolute Gasteiger partial charge is 0.309 e. The summed E-state index contributed by atoms with van der Waals surface area (Å²) in [5.41, 5.74) is 17.8. The summed E-state index contributed by atoms with van der Waals surface area (Å²) in [6.45, 7) is 0. The Morgan fingerprint density at radius 1 is 0.211 bits per heavy atom. The highest BCUT2D eigenvalue weighted by atomic mass is 32.1. The van der Waals surface area contributed by atoms with Crippen LogP contribution in [0, 0.1) is 0 Å². The summed E-state index contributed by atoms with van der Waals surface area (Å²) in [6.07, 6.45) is 0. The van der Waals surface area contributed by atoms with Gasteiger partial charge in [0.1, 0.15) is 5.82 Å². The Morgan fingerprint density at radius 2 is 0.556 bits per heavy atom. The number of rotatable bonds is 7. The Labute approximate surface area is 522 Å². The number of para-hydroxylation sites is 4. The second-order valence-electron chi connectivity index (χ2n) is 23.7. The summed E-state index contributed by atoms with van der Waals surface area (Å²) in [5, 5.41) is 14.7. The van der Waals surface area contributed by atoms with E-state index in [0.29, 0.717) is 5.95 Å². The van der Waals surface area contributed by atoms with Gasteiger partial charge in [0.05, 0.1) is 49.8 Å². The maximum absolute atomic E-state index is 5.65. The van der Waals surface area contributed by atoms with E-state index in [4.69, 9.17) is 9.97 Å². The third-order valence-electron chi connectivity index (χ3n) is 18.8. The van der Waals surface area contributed by atoms with Gasteiger partial charge in [-0.15, -0.1) is 22.7 Å². The van der Waals surface area contributed by atoms with Crippen LogP contribution in [0.25, 0.3) is 184 Å². The van der Waals surface area contributed by atoms with Gasteiger partial charge >= 0.3 is 0 Å². The van der Waals surface area contributed by atoms with E-state index >= 15 is 0 Å². The van der Waals surface area contributed by atoms with Crippen LogP contribution in [0.5, 0.6) is 0 Å². The van der Waals surface area contributed by atoms with E-state index in [-0.39, 0.29) is 0 Å². The summed E-state index contributed by atoms with van der Waals surface area (Å²) in [5.74, 6) is 1.39. The normalized spacial score (nSPS) is 12.2. The first-order valence-electron chi connectivity index (χ1n) is 30.5. The minimum absolute atomic E-state index is 0.603. The lowest BCUT2D eigenvalue weighted by molar-refractivity contribution is 0.952. The number of benzene rings is 13. The monoisotopic (exact) mass is 1180 g/mol. The predicted molar refractivity (Wildman–Crippen MR) is 381 cm³/mol. The highest BCUT2D eigenvalue weighted by Gasteiger charge is 2.23. The molecule has 0 atom stereocenters. The molecule has 0 saturated carbocycles. The lowest BCUT2D eigenvalue weighted by atomic mass is 10.0. The molecule has 0 amide bonds. The van der Waals surface area contributed by atoms with Gasteiger partial charge < -0.3 is 9.13 Å². The van der Waals surface area contributed by atoms with Crippen LogP contribution in [0.3, 0.4) is 0 Å². The van der Waals surface area contributed by atoms with Crippen LogP contribution in [0.1, 0.15) is 0 Å². The molecule has 13 aromatic carbocycles. The van der Waals surface area contributed by atoms with Gasteiger partial charge in [-0.25, -0.2) is 4.98 Å². The minimum Gasteiger partial charge on any atom is -0.309 e. The Kier molecular flexibility index (Phi) is 10.5. The van der Waals surface area contributed by atoms with Gasteiger partial charge in [0.15, 0.2) is 0 Å². The first-order valence-corrected chi connectivity index (χ1v) is 32.2. The molecule has 0 radical (unpaired) electrons. The zero-order valence-electron chi connectivity index (χ0n) is 48.2. The average molecular weight is 1180 g/mol. The summed E-state index contributed by atoms with van der Waals surface area (Å²) in [4.78, 5) is 11.2. The number of hydrogen-bond acceptors (Lipinski definition) is 4. The third-order valence-corrected chi connectivity index (χ3v) is 21.1. The van der Waals surface area contributed by atoms with Crippen molar-refractivity contribution in [3.05, 3.63) is 291 Å². The summed E-state index contributed by atoms with van der Waals surface area (Å²) in [7, 11) is 0. The average Bonchev–Trinajstić information content (AvgIpc) is 1.68. The lowest BCUT2D eigenvalue weighted by Gasteiger charge is -2.14. The Morgan fingerprint density at radius 3 is 1.01 bits per heavy atom. The van der Waals surface area contributed by atoms with Gasteiger partial charge in [-0.1, -0.05) is 164 Å². The molecule has 20 rings (SSSR count). The smallest absolute Gasteiger partial charge is 0.237 e. The summed E-state index contributed by atoms with van der Waals surface area (Å²) in [6, 6.07) is 107. The van der Waals surface area contributed by atoms with Gasteiger partial charge in [0.25, 0.3) is 0 Å². The van der Waals surface area contributed by atoms with Crippen molar-refractivity contribution in [2.45, 2.75) is 0 Å². The molecule has 418 valence electrons. The third kappa shape index (κ3) is 7.31. The van der Waals surface area contributed by atoms with Crippen LogP contribution in [0.15, 0.2) is 291 Å². The topological polar surface area (TPSA) is 45.5 Å². The van der Waals surface area contributed by atoms with E-state index < -0.39 is 0 Å². The molecule has 0 N–H and O–H groups in total. The van der Waals surface area contributed by atoms with E-state index in [9.17, 15) is 0 Å². The molecule has 0 saturated heterocycles. The molecule has 0 fully saturated rings. The van der Waals surface area contributed by atoms with E-state index in [0.717, 1.165) is 88.8 Å². The van der Waals surface area contributed by atoms with Crippen molar-refractivity contribution in [2.24, 2.45) is 0 Å². The Hall–Kier alpha value is -11.4. The van der Waals surface area contributed by atoms with E-state index in [1.54, 1.807) is 0 Å². The molecule has 0 aliphatic rings. The second kappa shape index (κ2) is 19.0. The molecule has 20 aromatic rings. The van der Waals surface area contributed by atoms with Crippen molar-refractivity contribution < 1.29 is 0 Å². The zero-order valence-corrected chi connectivity index (χ0v) is 49.8. The first kappa shape index (κ1) is 49.7. The van der Waals surface area contributed by atoms with Crippen molar-refractivity contribution in [2.75, 3.05) is 0 Å². The van der Waals surface area contributed by atoms with Crippen LogP contribution in [0.2, 0.25) is 0 Å². The molecule has 6 nitrogen and oxygen atoms in total. The summed E-state index contributed by atoms with van der Waals surface area (Å²) < 4.78 is 14.7. The number of nitrogens with zero attached hydrogens (tertiary/aromatic N) is 6. The molecule has 7 aromatic heterocycles. The van der Waals surface area contributed by atoms with Crippen molar-refractivity contribution in [3.8, 4) is 56.7 Å². The van der Waals surface area contributed by atoms with Gasteiger partial charge in [-0.3, -0.25) is 9.13 Å². The molecule has 0 spiro atoms. The standard InChI is InChI=1S/C82H48N6S2/c1-2-16-49(17-3-1)68-48-81(87-71-26-12-6-20-58(71)64-44-52(32-38-75(64)87)50-30-36-73-62(42-50)56-18-4-10-24-69(56)85(73)54-34-40-79-66(46-54)60-22-8-14-28-77(60)89-79)84-82(83-68)88-72-27-13-7-21-59(72)65-45-53(33-39-76(65)88)51-31-37-74-63(43-51)57-19-5-11-25-70(57)86(74)55-35-41-80-67(47-55)61-23-9-15-29-78(61)90-80/h1-48H. The van der Waals surface area contributed by atoms with E-state index in [1.807, 2.05) is 22.7 Å². The van der Waals surface area contributed by atoms with Gasteiger partial charge in [-0.05, 0) is 144 Å². The number of hydrogen-bond donors (Lipinski definition) is 0. The molecule has 0 bridgehead atoms. The van der Waals surface area contributed by atoms with Crippen molar-refractivity contribution in [1.29, 1.82) is 0 Å². The maximum Gasteiger partial charge on any atom is 0.237 e. The molecule has 0 aliphatic carbocycles. The fourth-order valence-corrected chi connectivity index (χ4v) is 16.9. The molecule has 7 heterocycles. The fourth-order valence-electron chi connectivity index (χ4n) is 14.7. The molecule has 0 unspecified atom stereocenters. The number of fused-ring (bicyclic) bond motifs is 18. The molecular formula is C82H48N6S2. The zero-order chi connectivity index (χ0) is 58.7. The number of thiophene rings is 2. The molecule has 8 heteroatoms. The van der Waals surface area contributed by atoms with Crippen molar-refractivity contribution >= 4 is 150 Å². The SMILES string of the molecule is c1ccc(-c2cc(-n3c4ccccc4c4cc(-c5ccc6c(c5)c5ccccc5n6-c5ccc6sc7ccccc7c6c5)ccc43)nc(-n3c4ccccc4c4cc(-c5ccc6c(c5)c5ccccc5n6-c5ccc6sc7ccccc7c6c5)ccc43)n2)cc1. The number of aromatic nitrogens is 6. The quantitative estimate of drug-likeness (QED) is 0.160. The second-order valence-corrected chi connectivity index (χ2v) is 25.8. The summed E-state index contributed by atoms with van der Waals surface area (Å²) >= 11 is 3.71. The van der Waals surface area contributed by atoms with Crippen LogP contribution in [0.4, 0.5) is 0 Å². The van der Waals surface area contributed by atoms with Crippen LogP contribution >= 0.6 is 22.7 Å². The van der Waals surface area contributed by atoms with Crippen molar-refractivity contribution in [1.82, 2.24) is 28.2 Å². The van der Waals surface area contributed by atoms with Crippen molar-refractivity contribution in [3.63, 3.8) is 0 Å². The van der Waals surface area contributed by atoms with E-state index in [2.05, 4.69) is 309 Å². The van der Waals surface area contributed by atoms with Gasteiger partial charge in [0, 0.05) is 106 Å². The Bertz CT molecular complexity index is 6060. The molecular weight excluding hydrogens is 1130 g/mol. The molecule has 0 aliphatic heterocycles. The highest BCUT2D eigenvalue weighted by Crippen LogP contribution is 2.44. The Balaban J connectivity index is 0.717. The van der Waals surface area contributed by atoms with E-state index in [1.165, 1.54) is 89.5 Å². The van der Waals surface area contributed by atoms with Crippen LogP contribution in [-0.2, 0) is 0 Å². The lowest BCUT2D eigenvalue weighted by Crippen LogP contribution is -2.07. The maximum atomic E-state index is 5.65. The minimum atomic E-state index is 0.603. The predicted octanol–water partition coefficient (Wildman–Crippen LogP) is 22.6. The molecule has 90 heavy (non-hydrogen) atoms. The highest BCUT2D eigenvalue weighted by molar-refractivity contribution is 7.26. The first-order chi connectivity index (χ1) is 44.6. The van der Waals surface area contributed by atoms with Crippen LogP contribution in [-0.4, -0.2) is 28.2 Å². The fraction of sp³-hybridized carbons (Fsp3) is 0.